The fourth-order valence-corrected chi connectivity index (χ4v) is 4.82. The lowest BCUT2D eigenvalue weighted by Gasteiger charge is -2.28. The highest BCUT2D eigenvalue weighted by Crippen LogP contribution is 2.53. The molecular weight excluding hydrogens is 468 g/mol. The largest absolute Gasteiger partial charge is 0.478 e. The normalized spacial score (nSPS) is 13.9. The maximum atomic E-state index is 13.1. The van der Waals surface area contributed by atoms with Crippen molar-refractivity contribution in [2.24, 2.45) is 0 Å². The van der Waals surface area contributed by atoms with E-state index in [4.69, 9.17) is 13.7 Å². The van der Waals surface area contributed by atoms with Gasteiger partial charge in [-0.15, -0.1) is 0 Å². The second-order valence-corrected chi connectivity index (χ2v) is 9.52. The van der Waals surface area contributed by atoms with E-state index in [-0.39, 0.29) is 22.0 Å². The lowest BCUT2D eigenvalue weighted by Crippen LogP contribution is -2.36. The molecule has 0 bridgehead atoms. The average molecular weight is 489 g/mol. The molecule has 0 unspecified atom stereocenters. The molecule has 1 aliphatic rings. The summed E-state index contributed by atoms with van der Waals surface area (Å²) < 4.78 is 44.2. The van der Waals surface area contributed by atoms with Gasteiger partial charge in [-0.3, -0.25) is 0 Å². The fourth-order valence-electron chi connectivity index (χ4n) is 3.87. The number of rotatable bonds is 6. The maximum Gasteiger partial charge on any atom is 0.339 e. The Kier molecular flexibility index (Phi) is 5.45. The zero-order valence-electron chi connectivity index (χ0n) is 18.5. The monoisotopic (exact) mass is 488 g/mol. The second kappa shape index (κ2) is 8.48. The van der Waals surface area contributed by atoms with Crippen LogP contribution in [0.15, 0.2) is 102 Å². The molecule has 0 fully saturated rings. The van der Waals surface area contributed by atoms with Crippen molar-refractivity contribution in [3.05, 3.63) is 119 Å². The standard InChI is InChI=1S/C27H20O7S/c1-18-12-14-21(15-13-18)35(30,31)34-24-22(26(28)29)16-17-23-25(24)33-27(32-23,19-8-4-2-5-9-19)20-10-6-3-7-11-20/h2-17H,1H3,(H,28,29). The van der Waals surface area contributed by atoms with Gasteiger partial charge in [0.1, 0.15) is 10.5 Å². The van der Waals surface area contributed by atoms with Gasteiger partial charge >= 0.3 is 21.9 Å². The summed E-state index contributed by atoms with van der Waals surface area (Å²) in [7, 11) is -4.37. The van der Waals surface area contributed by atoms with E-state index >= 15 is 0 Å². The summed E-state index contributed by atoms with van der Waals surface area (Å²) in [6.07, 6.45) is 0. The summed E-state index contributed by atoms with van der Waals surface area (Å²) in [6.45, 7) is 1.82. The highest BCUT2D eigenvalue weighted by Gasteiger charge is 2.48. The Balaban J connectivity index is 1.66. The van der Waals surface area contributed by atoms with Gasteiger partial charge in [0.15, 0.2) is 5.75 Å². The van der Waals surface area contributed by atoms with Crippen LogP contribution in [0.5, 0.6) is 17.2 Å². The zero-order valence-corrected chi connectivity index (χ0v) is 19.4. The van der Waals surface area contributed by atoms with Gasteiger partial charge in [0, 0.05) is 11.1 Å². The molecule has 0 spiro atoms. The lowest BCUT2D eigenvalue weighted by atomic mass is 9.97. The van der Waals surface area contributed by atoms with Crippen LogP contribution in [0.25, 0.3) is 0 Å². The number of aromatic carboxylic acids is 1. The van der Waals surface area contributed by atoms with Gasteiger partial charge in [0.05, 0.1) is 0 Å². The summed E-state index contributed by atoms with van der Waals surface area (Å²) in [5, 5.41) is 9.79. The first-order chi connectivity index (χ1) is 16.8. The number of ether oxygens (including phenoxy) is 2. The Morgan fingerprint density at radius 1 is 0.800 bits per heavy atom. The molecule has 0 amide bonds. The number of carboxylic acids is 1. The van der Waals surface area contributed by atoms with Crippen LogP contribution in [-0.4, -0.2) is 19.5 Å². The van der Waals surface area contributed by atoms with E-state index in [0.717, 1.165) is 5.56 Å². The number of carboxylic acid groups (broad SMARTS) is 1. The molecule has 0 saturated heterocycles. The van der Waals surface area contributed by atoms with E-state index in [9.17, 15) is 18.3 Å². The number of benzene rings is 4. The first-order valence-electron chi connectivity index (χ1n) is 10.7. The third-order valence-corrected chi connectivity index (χ3v) is 6.85. The second-order valence-electron chi connectivity index (χ2n) is 7.98. The highest BCUT2D eigenvalue weighted by atomic mass is 32.2. The molecule has 5 rings (SSSR count). The molecule has 0 atom stereocenters. The molecule has 8 heteroatoms. The van der Waals surface area contributed by atoms with Crippen molar-refractivity contribution in [3.63, 3.8) is 0 Å². The van der Waals surface area contributed by atoms with Gasteiger partial charge in [0.2, 0.25) is 11.5 Å². The van der Waals surface area contributed by atoms with Crippen LogP contribution < -0.4 is 13.7 Å². The van der Waals surface area contributed by atoms with E-state index in [1.807, 2.05) is 43.3 Å². The molecule has 4 aromatic carbocycles. The number of carbonyl (C=O) groups is 1. The Morgan fingerprint density at radius 3 is 1.91 bits per heavy atom. The number of fused-ring (bicyclic) bond motifs is 1. The zero-order chi connectivity index (χ0) is 24.6. The number of hydrogen-bond acceptors (Lipinski definition) is 6. The van der Waals surface area contributed by atoms with E-state index in [1.165, 1.54) is 24.3 Å². The van der Waals surface area contributed by atoms with Crippen LogP contribution in [0.4, 0.5) is 0 Å². The summed E-state index contributed by atoms with van der Waals surface area (Å²) >= 11 is 0. The molecule has 0 saturated carbocycles. The molecule has 176 valence electrons. The Morgan fingerprint density at radius 2 is 1.37 bits per heavy atom. The third-order valence-electron chi connectivity index (χ3n) is 5.62. The number of aryl methyl sites for hydroxylation is 1. The Hall–Kier alpha value is -4.30. The van der Waals surface area contributed by atoms with Crippen molar-refractivity contribution < 1.29 is 32.0 Å². The smallest absolute Gasteiger partial charge is 0.339 e. The van der Waals surface area contributed by atoms with E-state index in [2.05, 4.69) is 0 Å². The summed E-state index contributed by atoms with van der Waals surface area (Å²) in [5.74, 6) is -3.27. The number of hydrogen-bond donors (Lipinski definition) is 1. The summed E-state index contributed by atoms with van der Waals surface area (Å²) in [4.78, 5) is 11.9. The molecule has 7 nitrogen and oxygen atoms in total. The average Bonchev–Trinajstić information content (AvgIpc) is 3.27. The fraction of sp³-hybridized carbons (Fsp3) is 0.0741. The van der Waals surface area contributed by atoms with Gasteiger partial charge in [-0.05, 0) is 31.2 Å². The predicted molar refractivity (Wildman–Crippen MR) is 127 cm³/mol. The molecule has 35 heavy (non-hydrogen) atoms. The first kappa shape index (κ1) is 22.5. The van der Waals surface area contributed by atoms with Crippen molar-refractivity contribution in [2.45, 2.75) is 17.6 Å². The summed E-state index contributed by atoms with van der Waals surface area (Å²) in [6, 6.07) is 26.9. The van der Waals surface area contributed by atoms with Crippen LogP contribution in [-0.2, 0) is 15.9 Å². The SMILES string of the molecule is Cc1ccc(S(=O)(=O)Oc2c(C(=O)O)ccc3c2OC(c2ccccc2)(c2ccccc2)O3)cc1. The van der Waals surface area contributed by atoms with Crippen LogP contribution in [0, 0.1) is 6.92 Å². The van der Waals surface area contributed by atoms with E-state index in [1.54, 1.807) is 36.4 Å². The minimum absolute atomic E-state index is 0.117. The molecule has 1 heterocycles. The van der Waals surface area contributed by atoms with Crippen molar-refractivity contribution >= 4 is 16.1 Å². The van der Waals surface area contributed by atoms with E-state index < -0.39 is 27.6 Å². The van der Waals surface area contributed by atoms with Crippen molar-refractivity contribution in [2.75, 3.05) is 0 Å². The van der Waals surface area contributed by atoms with E-state index in [0.29, 0.717) is 11.1 Å². The molecule has 4 aromatic rings. The quantitative estimate of drug-likeness (QED) is 0.376. The topological polar surface area (TPSA) is 99.1 Å². The van der Waals surface area contributed by atoms with Gasteiger partial charge in [-0.25, -0.2) is 4.79 Å². The van der Waals surface area contributed by atoms with Crippen LogP contribution >= 0.6 is 0 Å². The maximum absolute atomic E-state index is 13.1. The third kappa shape index (κ3) is 3.98. The van der Waals surface area contributed by atoms with Gasteiger partial charge < -0.3 is 18.8 Å². The predicted octanol–water partition coefficient (Wildman–Crippen LogP) is 5.13. The van der Waals surface area contributed by atoms with Gasteiger partial charge in [-0.1, -0.05) is 78.4 Å². The van der Waals surface area contributed by atoms with Crippen molar-refractivity contribution in [1.82, 2.24) is 0 Å². The Bertz CT molecular complexity index is 1460. The van der Waals surface area contributed by atoms with Crippen LogP contribution in [0.3, 0.4) is 0 Å². The van der Waals surface area contributed by atoms with Crippen molar-refractivity contribution in [1.29, 1.82) is 0 Å². The minimum Gasteiger partial charge on any atom is -0.478 e. The lowest BCUT2D eigenvalue weighted by molar-refractivity contribution is -0.0464. The minimum atomic E-state index is -4.37. The molecule has 1 N–H and O–H groups in total. The first-order valence-corrected chi connectivity index (χ1v) is 12.1. The molecule has 0 aliphatic carbocycles. The Labute approximate surface area is 202 Å². The molecule has 0 aromatic heterocycles. The van der Waals surface area contributed by atoms with Gasteiger partial charge in [0.25, 0.3) is 0 Å². The van der Waals surface area contributed by atoms with Gasteiger partial charge in [-0.2, -0.15) is 8.42 Å². The molecular formula is C27H20O7S. The highest BCUT2D eigenvalue weighted by molar-refractivity contribution is 7.87. The molecule has 0 radical (unpaired) electrons. The van der Waals surface area contributed by atoms with Crippen LogP contribution in [0.2, 0.25) is 0 Å². The molecule has 1 aliphatic heterocycles. The summed E-state index contributed by atoms with van der Waals surface area (Å²) in [5.41, 5.74) is 1.75. The van der Waals surface area contributed by atoms with Crippen LogP contribution in [0.1, 0.15) is 27.0 Å². The van der Waals surface area contributed by atoms with Crippen molar-refractivity contribution in [3.8, 4) is 17.2 Å².